The van der Waals surface area contributed by atoms with E-state index in [1.165, 1.54) is 0 Å². The van der Waals surface area contributed by atoms with Gasteiger partial charge in [-0.1, -0.05) is 44.5 Å². The van der Waals surface area contributed by atoms with Crippen LogP contribution in [0.25, 0.3) is 0 Å². The molecule has 2 atom stereocenters. The van der Waals surface area contributed by atoms with E-state index >= 15 is 0 Å². The number of fused-ring (bicyclic) bond motifs is 1. The Bertz CT molecular complexity index is 787. The predicted molar refractivity (Wildman–Crippen MR) is 110 cm³/mol. The van der Waals surface area contributed by atoms with Crippen molar-refractivity contribution in [1.82, 2.24) is 4.90 Å². The molecule has 0 saturated heterocycles. The summed E-state index contributed by atoms with van der Waals surface area (Å²) >= 11 is 0. The van der Waals surface area contributed by atoms with Crippen LogP contribution in [0, 0.1) is 0 Å². The summed E-state index contributed by atoms with van der Waals surface area (Å²) in [7, 11) is 0. The van der Waals surface area contributed by atoms with Crippen LogP contribution in [-0.2, 0) is 5.66 Å². The molecule has 2 aromatic rings. The third kappa shape index (κ3) is 3.80. The van der Waals surface area contributed by atoms with E-state index in [0.29, 0.717) is 0 Å². The Morgan fingerprint density at radius 2 is 1.81 bits per heavy atom. The van der Waals surface area contributed by atoms with Crippen LogP contribution in [0.5, 0.6) is 5.75 Å². The molecule has 27 heavy (non-hydrogen) atoms. The molecular weight excluding hydrogens is 336 g/mol. The third-order valence-electron chi connectivity index (χ3n) is 5.38. The molecule has 1 aliphatic heterocycles. The van der Waals surface area contributed by atoms with Crippen LogP contribution in [-0.4, -0.2) is 23.5 Å². The lowest BCUT2D eigenvalue weighted by Gasteiger charge is -2.47. The summed E-state index contributed by atoms with van der Waals surface area (Å²) in [4.78, 5) is 15.2. The molecule has 0 bridgehead atoms. The van der Waals surface area contributed by atoms with E-state index in [9.17, 15) is 4.79 Å². The zero-order valence-electron chi connectivity index (χ0n) is 16.8. The van der Waals surface area contributed by atoms with Crippen LogP contribution in [0.4, 0.5) is 5.69 Å². The molecule has 1 aliphatic rings. The number of carbonyl (C=O) groups is 1. The van der Waals surface area contributed by atoms with Gasteiger partial charge in [0.15, 0.2) is 0 Å². The molecule has 3 rings (SSSR count). The van der Waals surface area contributed by atoms with Gasteiger partial charge in [-0.2, -0.15) is 0 Å². The average Bonchev–Trinajstić information content (AvgIpc) is 2.68. The topological polar surface area (TPSA) is 41.6 Å². The molecule has 2 aromatic carbocycles. The maximum absolute atomic E-state index is 13.2. The molecule has 0 spiro atoms. The van der Waals surface area contributed by atoms with Gasteiger partial charge in [0.05, 0.1) is 11.7 Å². The van der Waals surface area contributed by atoms with E-state index in [0.717, 1.165) is 48.4 Å². The number of para-hydroxylation sites is 1. The molecule has 0 radical (unpaired) electrons. The van der Waals surface area contributed by atoms with Gasteiger partial charge in [-0.3, -0.25) is 4.79 Å². The Labute approximate surface area is 162 Å². The van der Waals surface area contributed by atoms with Gasteiger partial charge < -0.3 is 15.0 Å². The molecule has 0 aromatic heterocycles. The number of ether oxygens (including phenoxy) is 1. The number of hydrogen-bond acceptors (Lipinski definition) is 3. The normalized spacial score (nSPS) is 20.0. The first-order valence-electron chi connectivity index (χ1n) is 9.96. The lowest BCUT2D eigenvalue weighted by Crippen LogP contribution is -2.56. The van der Waals surface area contributed by atoms with Crippen molar-refractivity contribution in [2.75, 3.05) is 11.9 Å². The Morgan fingerprint density at radius 3 is 2.48 bits per heavy atom. The fraction of sp³-hybridized carbons (Fsp3) is 0.435. The number of unbranched alkanes of at least 4 members (excludes halogenated alkanes) is 1. The third-order valence-corrected chi connectivity index (χ3v) is 5.38. The highest BCUT2D eigenvalue weighted by atomic mass is 16.5. The fourth-order valence-corrected chi connectivity index (χ4v) is 3.50. The van der Waals surface area contributed by atoms with Crippen molar-refractivity contribution in [3.63, 3.8) is 0 Å². The SMILES string of the molecule is CCCCN1C(=O)c2ccccc2NC1(C)c1ccc(OC(C)CC)cc1. The molecular formula is C23H30N2O2. The van der Waals surface area contributed by atoms with Gasteiger partial charge in [0.2, 0.25) is 0 Å². The van der Waals surface area contributed by atoms with Gasteiger partial charge >= 0.3 is 0 Å². The molecule has 0 fully saturated rings. The molecule has 4 nitrogen and oxygen atoms in total. The number of nitrogens with one attached hydrogen (secondary N) is 1. The van der Waals surface area contributed by atoms with Crippen LogP contribution in [0.3, 0.4) is 0 Å². The lowest BCUT2D eigenvalue weighted by atomic mass is 9.93. The molecule has 1 amide bonds. The second-order valence-corrected chi connectivity index (χ2v) is 7.41. The smallest absolute Gasteiger partial charge is 0.258 e. The van der Waals surface area contributed by atoms with Gasteiger partial charge in [0.1, 0.15) is 11.4 Å². The maximum atomic E-state index is 13.2. The van der Waals surface area contributed by atoms with Crippen molar-refractivity contribution < 1.29 is 9.53 Å². The molecule has 0 saturated carbocycles. The summed E-state index contributed by atoms with van der Waals surface area (Å²) in [5, 5.41) is 3.61. The molecule has 4 heteroatoms. The van der Waals surface area contributed by atoms with Crippen LogP contribution >= 0.6 is 0 Å². The lowest BCUT2D eigenvalue weighted by molar-refractivity contribution is 0.0531. The van der Waals surface area contributed by atoms with Crippen molar-refractivity contribution in [2.45, 2.75) is 58.7 Å². The zero-order chi connectivity index (χ0) is 19.4. The highest BCUT2D eigenvalue weighted by molar-refractivity contribution is 6.02. The summed E-state index contributed by atoms with van der Waals surface area (Å²) in [6.07, 6.45) is 3.18. The molecule has 144 valence electrons. The minimum atomic E-state index is -0.588. The van der Waals surface area contributed by atoms with E-state index in [1.54, 1.807) is 0 Å². The van der Waals surface area contributed by atoms with Crippen molar-refractivity contribution >= 4 is 11.6 Å². The Hall–Kier alpha value is -2.49. The van der Waals surface area contributed by atoms with Crippen molar-refractivity contribution in [3.05, 3.63) is 59.7 Å². The molecule has 1 heterocycles. The van der Waals surface area contributed by atoms with Gasteiger partial charge in [0, 0.05) is 12.2 Å². The van der Waals surface area contributed by atoms with Crippen LogP contribution in [0.15, 0.2) is 48.5 Å². The molecule has 1 N–H and O–H groups in total. The van der Waals surface area contributed by atoms with Gasteiger partial charge in [-0.05, 0) is 56.5 Å². The highest BCUT2D eigenvalue weighted by Gasteiger charge is 2.41. The first-order valence-corrected chi connectivity index (χ1v) is 9.96. The summed E-state index contributed by atoms with van der Waals surface area (Å²) in [6, 6.07) is 15.9. The summed E-state index contributed by atoms with van der Waals surface area (Å²) in [6.45, 7) is 9.13. The zero-order valence-corrected chi connectivity index (χ0v) is 16.8. The fourth-order valence-electron chi connectivity index (χ4n) is 3.50. The summed E-state index contributed by atoms with van der Waals surface area (Å²) in [5.41, 5.74) is 2.09. The summed E-state index contributed by atoms with van der Waals surface area (Å²) in [5.74, 6) is 0.944. The number of benzene rings is 2. The number of carbonyl (C=O) groups excluding carboxylic acids is 1. The quantitative estimate of drug-likeness (QED) is 0.713. The second-order valence-electron chi connectivity index (χ2n) is 7.41. The minimum Gasteiger partial charge on any atom is -0.491 e. The highest BCUT2D eigenvalue weighted by Crippen LogP contribution is 2.38. The standard InChI is InChI=1S/C23H30N2O2/c1-5-7-16-25-22(26)20-10-8-9-11-21(20)24-23(25,4)18-12-14-19(15-13-18)27-17(3)6-2/h8-15,17,24H,5-7,16H2,1-4H3. The number of rotatable bonds is 7. The van der Waals surface area contributed by atoms with Gasteiger partial charge in [0.25, 0.3) is 5.91 Å². The molecule has 2 unspecified atom stereocenters. The van der Waals surface area contributed by atoms with E-state index in [4.69, 9.17) is 4.74 Å². The van der Waals surface area contributed by atoms with Crippen LogP contribution in [0.2, 0.25) is 0 Å². The van der Waals surface area contributed by atoms with E-state index < -0.39 is 5.66 Å². The minimum absolute atomic E-state index is 0.0835. The van der Waals surface area contributed by atoms with Gasteiger partial charge in [-0.15, -0.1) is 0 Å². The van der Waals surface area contributed by atoms with E-state index in [2.05, 4.69) is 45.1 Å². The van der Waals surface area contributed by atoms with E-state index in [-0.39, 0.29) is 12.0 Å². The van der Waals surface area contributed by atoms with Crippen LogP contribution in [0.1, 0.15) is 62.9 Å². The average molecular weight is 367 g/mol. The van der Waals surface area contributed by atoms with Gasteiger partial charge in [-0.25, -0.2) is 0 Å². The van der Waals surface area contributed by atoms with Crippen molar-refractivity contribution in [1.29, 1.82) is 0 Å². The van der Waals surface area contributed by atoms with Crippen LogP contribution < -0.4 is 10.1 Å². The number of nitrogens with zero attached hydrogens (tertiary/aromatic N) is 1. The van der Waals surface area contributed by atoms with E-state index in [1.807, 2.05) is 41.3 Å². The first-order chi connectivity index (χ1) is 13.0. The monoisotopic (exact) mass is 366 g/mol. The second kappa shape index (κ2) is 8.03. The Morgan fingerprint density at radius 1 is 1.11 bits per heavy atom. The predicted octanol–water partition coefficient (Wildman–Crippen LogP) is 5.40. The number of amides is 1. The Kier molecular flexibility index (Phi) is 5.73. The van der Waals surface area contributed by atoms with Crippen molar-refractivity contribution in [2.24, 2.45) is 0 Å². The Balaban J connectivity index is 1.96. The largest absolute Gasteiger partial charge is 0.491 e. The maximum Gasteiger partial charge on any atom is 0.258 e. The summed E-state index contributed by atoms with van der Waals surface area (Å²) < 4.78 is 5.91. The number of hydrogen-bond donors (Lipinski definition) is 1. The molecule has 0 aliphatic carbocycles. The number of anilines is 1. The van der Waals surface area contributed by atoms with Crippen molar-refractivity contribution in [3.8, 4) is 5.75 Å². The first kappa shape index (κ1) is 19.3.